The Labute approximate surface area is 126 Å². The molecule has 4 atom stereocenters. The molecule has 2 aliphatic rings. The van der Waals surface area contributed by atoms with Crippen molar-refractivity contribution in [3.05, 3.63) is 0 Å². The lowest BCUT2D eigenvalue weighted by Crippen LogP contribution is -2.33. The van der Waals surface area contributed by atoms with Crippen molar-refractivity contribution in [1.82, 2.24) is 5.32 Å². The highest BCUT2D eigenvalue weighted by Gasteiger charge is 2.30. The summed E-state index contributed by atoms with van der Waals surface area (Å²) in [6.07, 6.45) is 13.1. The fourth-order valence-electron chi connectivity index (χ4n) is 4.32. The van der Waals surface area contributed by atoms with Crippen LogP contribution in [-0.4, -0.2) is 25.8 Å². The molecule has 118 valence electrons. The van der Waals surface area contributed by atoms with E-state index in [1.54, 1.807) is 0 Å². The Balaban J connectivity index is 1.79. The van der Waals surface area contributed by atoms with E-state index in [4.69, 9.17) is 4.74 Å². The van der Waals surface area contributed by atoms with Gasteiger partial charge in [0.05, 0.1) is 6.10 Å². The molecule has 0 aromatic carbocycles. The summed E-state index contributed by atoms with van der Waals surface area (Å²) in [6, 6.07) is 0. The average Bonchev–Trinajstić information content (AvgIpc) is 2.97. The fraction of sp³-hybridized carbons (Fsp3) is 1.00. The van der Waals surface area contributed by atoms with Gasteiger partial charge >= 0.3 is 0 Å². The largest absolute Gasteiger partial charge is 0.378 e. The van der Waals surface area contributed by atoms with E-state index in [2.05, 4.69) is 19.2 Å². The zero-order valence-corrected chi connectivity index (χ0v) is 13.7. The highest BCUT2D eigenvalue weighted by atomic mass is 16.5. The molecule has 4 unspecified atom stereocenters. The summed E-state index contributed by atoms with van der Waals surface area (Å²) in [4.78, 5) is 0. The minimum atomic E-state index is 0.585. The Morgan fingerprint density at radius 1 is 1.00 bits per heavy atom. The van der Waals surface area contributed by atoms with E-state index in [9.17, 15) is 0 Å². The minimum absolute atomic E-state index is 0.585. The number of rotatable bonds is 8. The first kappa shape index (κ1) is 16.3. The van der Waals surface area contributed by atoms with Crippen molar-refractivity contribution >= 4 is 0 Å². The summed E-state index contributed by atoms with van der Waals surface area (Å²) >= 11 is 0. The first-order valence-electron chi connectivity index (χ1n) is 9.15. The maximum atomic E-state index is 5.82. The number of hydrogen-bond donors (Lipinski definition) is 1. The third-order valence-electron chi connectivity index (χ3n) is 5.49. The molecule has 1 aliphatic heterocycles. The van der Waals surface area contributed by atoms with Crippen LogP contribution >= 0.6 is 0 Å². The molecule has 0 aromatic rings. The zero-order valence-electron chi connectivity index (χ0n) is 13.7. The standard InChI is InChI=1S/C18H35NO/c1-3-6-15-8-9-17(14-19-4-2)16(13-15)10-11-18-7-5-12-20-18/h15-19H,3-14H2,1-2H3. The van der Waals surface area contributed by atoms with Crippen LogP contribution < -0.4 is 5.32 Å². The molecule has 20 heavy (non-hydrogen) atoms. The molecule has 2 rings (SSSR count). The Morgan fingerprint density at radius 2 is 1.90 bits per heavy atom. The highest BCUT2D eigenvalue weighted by Crippen LogP contribution is 2.39. The van der Waals surface area contributed by atoms with Crippen LogP contribution in [0.2, 0.25) is 0 Å². The van der Waals surface area contributed by atoms with Crippen molar-refractivity contribution < 1.29 is 4.74 Å². The van der Waals surface area contributed by atoms with Gasteiger partial charge in [-0.05, 0) is 69.4 Å². The summed E-state index contributed by atoms with van der Waals surface area (Å²) in [7, 11) is 0. The Hall–Kier alpha value is -0.0800. The summed E-state index contributed by atoms with van der Waals surface area (Å²) in [6.45, 7) is 7.93. The van der Waals surface area contributed by atoms with Gasteiger partial charge in [0.15, 0.2) is 0 Å². The van der Waals surface area contributed by atoms with Crippen molar-refractivity contribution in [3.8, 4) is 0 Å². The third kappa shape index (κ3) is 5.04. The van der Waals surface area contributed by atoms with Gasteiger partial charge in [0.1, 0.15) is 0 Å². The van der Waals surface area contributed by atoms with Crippen LogP contribution in [0, 0.1) is 17.8 Å². The van der Waals surface area contributed by atoms with Gasteiger partial charge in [-0.2, -0.15) is 0 Å². The Morgan fingerprint density at radius 3 is 2.60 bits per heavy atom. The van der Waals surface area contributed by atoms with Crippen LogP contribution in [0.3, 0.4) is 0 Å². The van der Waals surface area contributed by atoms with E-state index in [-0.39, 0.29) is 0 Å². The molecular formula is C18H35NO. The summed E-state index contributed by atoms with van der Waals surface area (Å²) in [5, 5.41) is 3.59. The van der Waals surface area contributed by atoms with Gasteiger partial charge in [0, 0.05) is 6.61 Å². The van der Waals surface area contributed by atoms with Gasteiger partial charge in [-0.3, -0.25) is 0 Å². The quantitative estimate of drug-likeness (QED) is 0.712. The summed E-state index contributed by atoms with van der Waals surface area (Å²) < 4.78 is 5.82. The van der Waals surface area contributed by atoms with Crippen LogP contribution in [-0.2, 0) is 4.74 Å². The van der Waals surface area contributed by atoms with Crippen molar-refractivity contribution in [1.29, 1.82) is 0 Å². The average molecular weight is 281 g/mol. The molecule has 0 amide bonds. The van der Waals surface area contributed by atoms with Crippen molar-refractivity contribution in [2.75, 3.05) is 19.7 Å². The molecule has 2 fully saturated rings. The number of ether oxygens (including phenoxy) is 1. The molecule has 1 saturated carbocycles. The van der Waals surface area contributed by atoms with Crippen molar-refractivity contribution in [2.24, 2.45) is 17.8 Å². The second-order valence-corrected chi connectivity index (χ2v) is 7.01. The second-order valence-electron chi connectivity index (χ2n) is 7.01. The van der Waals surface area contributed by atoms with Gasteiger partial charge in [-0.15, -0.1) is 0 Å². The topological polar surface area (TPSA) is 21.3 Å². The van der Waals surface area contributed by atoms with E-state index >= 15 is 0 Å². The maximum absolute atomic E-state index is 5.82. The van der Waals surface area contributed by atoms with Gasteiger partial charge in [-0.25, -0.2) is 0 Å². The first-order valence-corrected chi connectivity index (χ1v) is 9.15. The second kappa shape index (κ2) is 9.04. The number of nitrogens with one attached hydrogen (secondary N) is 1. The van der Waals surface area contributed by atoms with E-state index in [0.29, 0.717) is 6.10 Å². The molecule has 0 aromatic heterocycles. The van der Waals surface area contributed by atoms with Crippen LogP contribution in [0.4, 0.5) is 0 Å². The van der Waals surface area contributed by atoms with Gasteiger partial charge in [0.2, 0.25) is 0 Å². The predicted molar refractivity (Wildman–Crippen MR) is 86.0 cm³/mol. The van der Waals surface area contributed by atoms with E-state index in [1.165, 1.54) is 64.3 Å². The highest BCUT2D eigenvalue weighted by molar-refractivity contribution is 4.82. The molecule has 0 radical (unpaired) electrons. The lowest BCUT2D eigenvalue weighted by molar-refractivity contribution is 0.0835. The minimum Gasteiger partial charge on any atom is -0.378 e. The third-order valence-corrected chi connectivity index (χ3v) is 5.49. The molecule has 1 aliphatic carbocycles. The van der Waals surface area contributed by atoms with Gasteiger partial charge < -0.3 is 10.1 Å². The van der Waals surface area contributed by atoms with E-state index < -0.39 is 0 Å². The Bertz CT molecular complexity index is 250. The lowest BCUT2D eigenvalue weighted by atomic mass is 9.70. The molecule has 0 bridgehead atoms. The van der Waals surface area contributed by atoms with Gasteiger partial charge in [-0.1, -0.05) is 33.1 Å². The summed E-state index contributed by atoms with van der Waals surface area (Å²) in [5.41, 5.74) is 0. The molecule has 0 spiro atoms. The van der Waals surface area contributed by atoms with Crippen LogP contribution in [0.5, 0.6) is 0 Å². The zero-order chi connectivity index (χ0) is 14.2. The maximum Gasteiger partial charge on any atom is 0.0576 e. The SMILES string of the molecule is CCCC1CCC(CNCC)C(CCC2CCCO2)C1. The van der Waals surface area contributed by atoms with Crippen LogP contribution in [0.15, 0.2) is 0 Å². The van der Waals surface area contributed by atoms with Crippen LogP contribution in [0.25, 0.3) is 0 Å². The monoisotopic (exact) mass is 281 g/mol. The molecule has 1 heterocycles. The summed E-state index contributed by atoms with van der Waals surface area (Å²) in [5.74, 6) is 2.88. The van der Waals surface area contributed by atoms with Crippen molar-refractivity contribution in [3.63, 3.8) is 0 Å². The smallest absolute Gasteiger partial charge is 0.0576 e. The van der Waals surface area contributed by atoms with Gasteiger partial charge in [0.25, 0.3) is 0 Å². The molecule has 1 saturated heterocycles. The first-order chi connectivity index (χ1) is 9.83. The molecular weight excluding hydrogens is 246 g/mol. The predicted octanol–water partition coefficient (Wildman–Crippen LogP) is 4.39. The Kier molecular flexibility index (Phi) is 7.37. The molecule has 2 heteroatoms. The molecule has 2 nitrogen and oxygen atoms in total. The number of hydrogen-bond acceptors (Lipinski definition) is 2. The van der Waals surface area contributed by atoms with Crippen LogP contribution in [0.1, 0.15) is 71.6 Å². The normalized spacial score (nSPS) is 34.5. The lowest BCUT2D eigenvalue weighted by Gasteiger charge is -2.37. The van der Waals surface area contributed by atoms with E-state index in [0.717, 1.165) is 30.9 Å². The van der Waals surface area contributed by atoms with Crippen molar-refractivity contribution in [2.45, 2.75) is 77.7 Å². The fourth-order valence-corrected chi connectivity index (χ4v) is 4.32. The van der Waals surface area contributed by atoms with E-state index in [1.807, 2.05) is 0 Å². The molecule has 1 N–H and O–H groups in total.